The SMILES string of the molecule is CN(CCC(=O)NN)C(=O)CC(C=O)SCCO. The van der Waals surface area contributed by atoms with E-state index in [1.807, 2.05) is 5.43 Å². The van der Waals surface area contributed by atoms with Gasteiger partial charge in [-0.2, -0.15) is 0 Å². The summed E-state index contributed by atoms with van der Waals surface area (Å²) in [5.41, 5.74) is 1.97. The van der Waals surface area contributed by atoms with Gasteiger partial charge in [-0.15, -0.1) is 11.8 Å². The highest BCUT2D eigenvalue weighted by Gasteiger charge is 2.17. The monoisotopic (exact) mass is 277 g/mol. The van der Waals surface area contributed by atoms with Gasteiger partial charge in [-0.1, -0.05) is 0 Å². The van der Waals surface area contributed by atoms with Crippen molar-refractivity contribution in [2.75, 3.05) is 26.0 Å². The predicted octanol–water partition coefficient (Wildman–Crippen LogP) is -1.49. The molecule has 1 atom stereocenters. The lowest BCUT2D eigenvalue weighted by Gasteiger charge is -2.18. The lowest BCUT2D eigenvalue weighted by molar-refractivity contribution is -0.131. The summed E-state index contributed by atoms with van der Waals surface area (Å²) in [6.07, 6.45) is 0.877. The largest absolute Gasteiger partial charge is 0.396 e. The number of thioether (sulfide) groups is 1. The highest BCUT2D eigenvalue weighted by atomic mass is 32.2. The van der Waals surface area contributed by atoms with Gasteiger partial charge in [-0.05, 0) is 0 Å². The van der Waals surface area contributed by atoms with Crippen LogP contribution in [0.15, 0.2) is 0 Å². The van der Waals surface area contributed by atoms with Crippen molar-refractivity contribution in [3.8, 4) is 0 Å². The Kier molecular flexibility index (Phi) is 9.25. The molecule has 2 amide bonds. The lowest BCUT2D eigenvalue weighted by Crippen LogP contribution is -2.36. The van der Waals surface area contributed by atoms with Gasteiger partial charge >= 0.3 is 0 Å². The standard InChI is InChI=1S/C10H19N3O4S/c1-13(3-2-9(16)12-11)10(17)6-8(7-15)18-5-4-14/h7-8,14H,2-6,11H2,1H3,(H,12,16). The van der Waals surface area contributed by atoms with Crippen molar-refractivity contribution >= 4 is 29.9 Å². The van der Waals surface area contributed by atoms with E-state index in [1.54, 1.807) is 7.05 Å². The Morgan fingerprint density at radius 3 is 2.72 bits per heavy atom. The van der Waals surface area contributed by atoms with Crippen molar-refractivity contribution in [1.82, 2.24) is 10.3 Å². The molecular formula is C10H19N3O4S. The Labute approximate surface area is 110 Å². The number of carbonyl (C=O) groups is 3. The number of nitrogens with two attached hydrogens (primary N) is 1. The van der Waals surface area contributed by atoms with E-state index in [1.165, 1.54) is 16.7 Å². The van der Waals surface area contributed by atoms with Gasteiger partial charge in [0.15, 0.2) is 0 Å². The molecule has 0 spiro atoms. The number of aliphatic hydroxyl groups excluding tert-OH is 1. The molecule has 0 saturated heterocycles. The molecule has 0 bridgehead atoms. The third-order valence-electron chi connectivity index (χ3n) is 2.21. The van der Waals surface area contributed by atoms with Crippen LogP contribution >= 0.6 is 11.8 Å². The maximum atomic E-state index is 11.7. The number of hydrazine groups is 1. The molecule has 0 heterocycles. The second-order valence-electron chi connectivity index (χ2n) is 3.61. The van der Waals surface area contributed by atoms with Gasteiger partial charge in [0.05, 0.1) is 11.9 Å². The maximum absolute atomic E-state index is 11.7. The fraction of sp³-hybridized carbons (Fsp3) is 0.700. The Morgan fingerprint density at radius 2 is 2.22 bits per heavy atom. The van der Waals surface area contributed by atoms with Crippen LogP contribution in [0.25, 0.3) is 0 Å². The van der Waals surface area contributed by atoms with Crippen molar-refractivity contribution in [3.05, 3.63) is 0 Å². The van der Waals surface area contributed by atoms with Crippen LogP contribution in [0.5, 0.6) is 0 Å². The van der Waals surface area contributed by atoms with E-state index in [0.29, 0.717) is 12.0 Å². The number of hydrogen-bond donors (Lipinski definition) is 3. The molecule has 7 nitrogen and oxygen atoms in total. The quantitative estimate of drug-likeness (QED) is 0.205. The molecule has 0 aliphatic rings. The Balaban J connectivity index is 4.04. The van der Waals surface area contributed by atoms with Gasteiger partial charge in [-0.25, -0.2) is 5.84 Å². The van der Waals surface area contributed by atoms with Crippen LogP contribution in [0, 0.1) is 0 Å². The highest BCUT2D eigenvalue weighted by Crippen LogP contribution is 2.13. The van der Waals surface area contributed by atoms with Gasteiger partial charge in [0, 0.05) is 32.2 Å². The van der Waals surface area contributed by atoms with E-state index >= 15 is 0 Å². The van der Waals surface area contributed by atoms with Gasteiger partial charge < -0.3 is 14.8 Å². The maximum Gasteiger partial charge on any atom is 0.235 e. The van der Waals surface area contributed by atoms with E-state index in [4.69, 9.17) is 10.9 Å². The average molecular weight is 277 g/mol. The summed E-state index contributed by atoms with van der Waals surface area (Å²) in [6, 6.07) is 0. The van der Waals surface area contributed by atoms with Crippen LogP contribution in [-0.2, 0) is 14.4 Å². The first-order valence-electron chi connectivity index (χ1n) is 5.46. The van der Waals surface area contributed by atoms with E-state index < -0.39 is 5.25 Å². The zero-order valence-corrected chi connectivity index (χ0v) is 11.1. The fourth-order valence-electron chi connectivity index (χ4n) is 1.14. The van der Waals surface area contributed by atoms with Crippen molar-refractivity contribution in [1.29, 1.82) is 0 Å². The third-order valence-corrected chi connectivity index (χ3v) is 3.34. The summed E-state index contributed by atoms with van der Waals surface area (Å²) in [7, 11) is 1.56. The number of nitrogens with one attached hydrogen (secondary N) is 1. The molecule has 104 valence electrons. The first kappa shape index (κ1) is 16.9. The van der Waals surface area contributed by atoms with Gasteiger partial charge in [0.2, 0.25) is 11.8 Å². The van der Waals surface area contributed by atoms with Gasteiger partial charge in [-0.3, -0.25) is 15.0 Å². The minimum absolute atomic E-state index is 0.0320. The molecule has 0 rings (SSSR count). The van der Waals surface area contributed by atoms with Crippen molar-refractivity contribution < 1.29 is 19.5 Å². The molecule has 1 unspecified atom stereocenters. The summed E-state index contributed by atoms with van der Waals surface area (Å²) in [5, 5.41) is 8.18. The van der Waals surface area contributed by atoms with Crippen LogP contribution in [0.4, 0.5) is 0 Å². The molecule has 0 fully saturated rings. The van der Waals surface area contributed by atoms with Crippen LogP contribution in [-0.4, -0.2) is 59.3 Å². The van der Waals surface area contributed by atoms with Gasteiger partial charge in [0.1, 0.15) is 6.29 Å². The number of aliphatic hydroxyl groups is 1. The van der Waals surface area contributed by atoms with E-state index in [-0.39, 0.29) is 37.8 Å². The summed E-state index contributed by atoms with van der Waals surface area (Å²) in [5.74, 6) is 4.76. The molecule has 8 heteroatoms. The topological polar surface area (TPSA) is 113 Å². The zero-order valence-electron chi connectivity index (χ0n) is 10.3. The first-order chi connectivity index (χ1) is 8.54. The fourth-order valence-corrected chi connectivity index (χ4v) is 1.89. The van der Waals surface area contributed by atoms with Crippen LogP contribution in [0.1, 0.15) is 12.8 Å². The van der Waals surface area contributed by atoms with Crippen LogP contribution < -0.4 is 11.3 Å². The van der Waals surface area contributed by atoms with Crippen molar-refractivity contribution in [3.63, 3.8) is 0 Å². The molecule has 4 N–H and O–H groups in total. The van der Waals surface area contributed by atoms with Crippen LogP contribution in [0.2, 0.25) is 0 Å². The van der Waals surface area contributed by atoms with E-state index in [0.717, 1.165) is 0 Å². The highest BCUT2D eigenvalue weighted by molar-refractivity contribution is 8.00. The molecule has 0 saturated carbocycles. The summed E-state index contributed by atoms with van der Waals surface area (Å²) >= 11 is 1.23. The molecule has 0 aromatic rings. The molecule has 0 aromatic carbocycles. The summed E-state index contributed by atoms with van der Waals surface area (Å²) in [4.78, 5) is 34.7. The second kappa shape index (κ2) is 9.86. The number of carbonyl (C=O) groups excluding carboxylic acids is 3. The molecular weight excluding hydrogens is 258 g/mol. The normalized spacial score (nSPS) is 11.7. The molecule has 18 heavy (non-hydrogen) atoms. The molecule has 0 aliphatic heterocycles. The Bertz CT molecular complexity index is 288. The van der Waals surface area contributed by atoms with E-state index in [2.05, 4.69) is 0 Å². The Hall–Kier alpha value is -1.12. The molecule has 0 aliphatic carbocycles. The van der Waals surface area contributed by atoms with Crippen LogP contribution in [0.3, 0.4) is 0 Å². The zero-order chi connectivity index (χ0) is 14.0. The number of aldehydes is 1. The predicted molar refractivity (Wildman–Crippen MR) is 68.6 cm³/mol. The second-order valence-corrected chi connectivity index (χ2v) is 4.95. The van der Waals surface area contributed by atoms with E-state index in [9.17, 15) is 14.4 Å². The number of hydrogen-bond acceptors (Lipinski definition) is 6. The lowest BCUT2D eigenvalue weighted by atomic mass is 10.3. The smallest absolute Gasteiger partial charge is 0.235 e. The average Bonchev–Trinajstić information content (AvgIpc) is 2.39. The van der Waals surface area contributed by atoms with Crippen molar-refractivity contribution in [2.45, 2.75) is 18.1 Å². The number of amides is 2. The number of nitrogens with zero attached hydrogens (tertiary/aromatic N) is 1. The third kappa shape index (κ3) is 7.25. The van der Waals surface area contributed by atoms with Crippen molar-refractivity contribution in [2.24, 2.45) is 5.84 Å². The Morgan fingerprint density at radius 1 is 1.56 bits per heavy atom. The summed E-state index contributed by atoms with van der Waals surface area (Å²) < 4.78 is 0. The van der Waals surface area contributed by atoms with Gasteiger partial charge in [0.25, 0.3) is 0 Å². The first-order valence-corrected chi connectivity index (χ1v) is 6.51. The number of rotatable bonds is 9. The minimum Gasteiger partial charge on any atom is -0.396 e. The minimum atomic E-state index is -0.463. The molecule has 0 aromatic heterocycles. The molecule has 0 radical (unpaired) electrons. The summed E-state index contributed by atoms with van der Waals surface area (Å²) in [6.45, 7) is 0.216.